The van der Waals surface area contributed by atoms with Gasteiger partial charge >= 0.3 is 0 Å². The van der Waals surface area contributed by atoms with Crippen LogP contribution in [0.25, 0.3) is 0 Å². The lowest BCUT2D eigenvalue weighted by molar-refractivity contribution is -0.0635. The normalized spacial score (nSPS) is 33.8. The van der Waals surface area contributed by atoms with E-state index >= 15 is 0 Å². The minimum absolute atomic E-state index is 0.489. The maximum absolute atomic E-state index is 6.03. The van der Waals surface area contributed by atoms with Crippen LogP contribution in [-0.2, 0) is 4.74 Å². The van der Waals surface area contributed by atoms with Crippen molar-refractivity contribution in [2.45, 2.75) is 58.7 Å². The number of hydrogen-bond acceptors (Lipinski definition) is 2. The van der Waals surface area contributed by atoms with Crippen molar-refractivity contribution in [3.63, 3.8) is 0 Å². The molecule has 1 aliphatic carbocycles. The average Bonchev–Trinajstić information content (AvgIpc) is 2.11. The summed E-state index contributed by atoms with van der Waals surface area (Å²) in [6.07, 6.45) is 6.33. The first-order valence-electron chi connectivity index (χ1n) is 6.42. The Morgan fingerprint density at radius 2 is 1.53 bits per heavy atom. The van der Waals surface area contributed by atoms with Crippen LogP contribution in [-0.4, -0.2) is 25.3 Å². The highest BCUT2D eigenvalue weighted by Crippen LogP contribution is 2.38. The fraction of sp³-hybridized carbons (Fsp3) is 1.00. The van der Waals surface area contributed by atoms with E-state index in [1.165, 1.54) is 25.7 Å². The van der Waals surface area contributed by atoms with Gasteiger partial charge in [-0.25, -0.2) is 0 Å². The molecule has 2 heteroatoms. The zero-order chi connectivity index (χ0) is 10.9. The first-order chi connectivity index (χ1) is 7.05. The van der Waals surface area contributed by atoms with Crippen molar-refractivity contribution < 1.29 is 4.74 Å². The van der Waals surface area contributed by atoms with Gasteiger partial charge in [-0.3, -0.25) is 0 Å². The lowest BCUT2D eigenvalue weighted by Crippen LogP contribution is -2.50. The van der Waals surface area contributed by atoms with E-state index in [0.717, 1.165) is 19.0 Å². The number of ether oxygens (including phenoxy) is 1. The summed E-state index contributed by atoms with van der Waals surface area (Å²) in [5, 5.41) is 3.26. The molecule has 2 rings (SSSR count). The summed E-state index contributed by atoms with van der Waals surface area (Å²) < 4.78 is 6.03. The monoisotopic (exact) mass is 211 g/mol. The van der Waals surface area contributed by atoms with Crippen LogP contribution < -0.4 is 5.32 Å². The third kappa shape index (κ3) is 2.94. The first-order valence-corrected chi connectivity index (χ1v) is 6.42. The molecule has 0 atom stereocenters. The molecule has 1 saturated heterocycles. The lowest BCUT2D eigenvalue weighted by atomic mass is 9.72. The van der Waals surface area contributed by atoms with Gasteiger partial charge in [-0.15, -0.1) is 0 Å². The lowest BCUT2D eigenvalue weighted by Gasteiger charge is -2.39. The number of hydrogen-bond donors (Lipinski definition) is 1. The largest absolute Gasteiger partial charge is 0.372 e. The summed E-state index contributed by atoms with van der Waals surface area (Å²) in [4.78, 5) is 0. The topological polar surface area (TPSA) is 21.3 Å². The van der Waals surface area contributed by atoms with E-state index in [9.17, 15) is 0 Å². The van der Waals surface area contributed by atoms with Gasteiger partial charge in [0, 0.05) is 13.1 Å². The van der Waals surface area contributed by atoms with Crippen LogP contribution >= 0.6 is 0 Å². The van der Waals surface area contributed by atoms with Gasteiger partial charge in [0.25, 0.3) is 0 Å². The number of nitrogens with one attached hydrogen (secondary N) is 1. The minimum Gasteiger partial charge on any atom is -0.372 e. The Balaban J connectivity index is 1.71. The smallest absolute Gasteiger partial charge is 0.0827 e. The van der Waals surface area contributed by atoms with Crippen molar-refractivity contribution in [3.05, 3.63) is 0 Å². The van der Waals surface area contributed by atoms with Gasteiger partial charge in [0.2, 0.25) is 0 Å². The van der Waals surface area contributed by atoms with Crippen molar-refractivity contribution in [3.8, 4) is 0 Å². The molecule has 0 spiro atoms. The highest BCUT2D eigenvalue weighted by Gasteiger charge is 2.31. The highest BCUT2D eigenvalue weighted by molar-refractivity contribution is 4.83. The fourth-order valence-electron chi connectivity index (χ4n) is 2.70. The van der Waals surface area contributed by atoms with Gasteiger partial charge in [0.15, 0.2) is 0 Å². The molecule has 0 radical (unpaired) electrons. The second kappa shape index (κ2) is 4.42. The van der Waals surface area contributed by atoms with Gasteiger partial charge in [0.1, 0.15) is 0 Å². The molecule has 88 valence electrons. The minimum atomic E-state index is 0.489. The molecule has 0 amide bonds. The molecule has 15 heavy (non-hydrogen) atoms. The Hall–Kier alpha value is -0.0800. The molecule has 2 nitrogen and oxygen atoms in total. The van der Waals surface area contributed by atoms with Crippen molar-refractivity contribution >= 4 is 0 Å². The van der Waals surface area contributed by atoms with Crippen LogP contribution in [0.2, 0.25) is 0 Å². The molecular formula is C13H25NO. The SMILES string of the molecule is CC(C)(C)C1CCC(OC2CNC2)CC1. The standard InChI is InChI=1S/C13H25NO/c1-13(2,3)10-4-6-11(7-5-10)15-12-8-14-9-12/h10-12,14H,4-9H2,1-3H3. The van der Waals surface area contributed by atoms with Crippen LogP contribution in [0, 0.1) is 11.3 Å². The van der Waals surface area contributed by atoms with Crippen LogP contribution in [0.5, 0.6) is 0 Å². The molecule has 0 aromatic carbocycles. The van der Waals surface area contributed by atoms with Gasteiger partial charge in [-0.05, 0) is 37.0 Å². The van der Waals surface area contributed by atoms with Crippen LogP contribution in [0.1, 0.15) is 46.5 Å². The quantitative estimate of drug-likeness (QED) is 0.758. The van der Waals surface area contributed by atoms with E-state index in [1.54, 1.807) is 0 Å². The van der Waals surface area contributed by atoms with Crippen molar-refractivity contribution in [2.24, 2.45) is 11.3 Å². The molecule has 0 aromatic heterocycles. The summed E-state index contributed by atoms with van der Waals surface area (Å²) in [6, 6.07) is 0. The van der Waals surface area contributed by atoms with Crippen LogP contribution in [0.15, 0.2) is 0 Å². The Bertz CT molecular complexity index is 197. The Kier molecular flexibility index (Phi) is 3.36. The molecule has 2 aliphatic rings. The summed E-state index contributed by atoms with van der Waals surface area (Å²) in [6.45, 7) is 9.25. The zero-order valence-corrected chi connectivity index (χ0v) is 10.4. The van der Waals surface area contributed by atoms with Gasteiger partial charge in [-0.2, -0.15) is 0 Å². The molecular weight excluding hydrogens is 186 g/mol. The van der Waals surface area contributed by atoms with Crippen molar-refractivity contribution in [1.29, 1.82) is 0 Å². The molecule has 1 heterocycles. The maximum Gasteiger partial charge on any atom is 0.0827 e. The molecule has 1 saturated carbocycles. The molecule has 1 N–H and O–H groups in total. The molecule has 1 aliphatic heterocycles. The van der Waals surface area contributed by atoms with Gasteiger partial charge < -0.3 is 10.1 Å². The summed E-state index contributed by atoms with van der Waals surface area (Å²) >= 11 is 0. The molecule has 2 fully saturated rings. The predicted molar refractivity (Wildman–Crippen MR) is 62.9 cm³/mol. The summed E-state index contributed by atoms with van der Waals surface area (Å²) in [5.74, 6) is 0.900. The van der Waals surface area contributed by atoms with Crippen LogP contribution in [0.4, 0.5) is 0 Å². The van der Waals surface area contributed by atoms with Gasteiger partial charge in [0.05, 0.1) is 12.2 Å². The zero-order valence-electron chi connectivity index (χ0n) is 10.4. The number of rotatable bonds is 2. The molecule has 0 bridgehead atoms. The van der Waals surface area contributed by atoms with Gasteiger partial charge in [-0.1, -0.05) is 20.8 Å². The molecule has 0 unspecified atom stereocenters. The maximum atomic E-state index is 6.03. The third-order valence-electron chi connectivity index (χ3n) is 4.03. The summed E-state index contributed by atoms with van der Waals surface area (Å²) in [7, 11) is 0. The highest BCUT2D eigenvalue weighted by atomic mass is 16.5. The summed E-state index contributed by atoms with van der Waals surface area (Å²) in [5.41, 5.74) is 0.489. The van der Waals surface area contributed by atoms with Crippen molar-refractivity contribution in [1.82, 2.24) is 5.32 Å². The second-order valence-corrected chi connectivity index (χ2v) is 6.26. The predicted octanol–water partition coefficient (Wildman–Crippen LogP) is 2.58. The third-order valence-corrected chi connectivity index (χ3v) is 4.03. The second-order valence-electron chi connectivity index (χ2n) is 6.26. The average molecular weight is 211 g/mol. The van der Waals surface area contributed by atoms with E-state index in [0.29, 0.717) is 17.6 Å². The van der Waals surface area contributed by atoms with Crippen molar-refractivity contribution in [2.75, 3.05) is 13.1 Å². The Morgan fingerprint density at radius 1 is 0.933 bits per heavy atom. The fourth-order valence-corrected chi connectivity index (χ4v) is 2.70. The Morgan fingerprint density at radius 3 is 1.93 bits per heavy atom. The van der Waals surface area contributed by atoms with E-state index in [-0.39, 0.29) is 0 Å². The van der Waals surface area contributed by atoms with E-state index < -0.39 is 0 Å². The Labute approximate surface area is 93.8 Å². The van der Waals surface area contributed by atoms with E-state index in [4.69, 9.17) is 4.74 Å². The van der Waals surface area contributed by atoms with Crippen LogP contribution in [0.3, 0.4) is 0 Å². The first kappa shape index (κ1) is 11.4. The van der Waals surface area contributed by atoms with E-state index in [1.807, 2.05) is 0 Å². The van der Waals surface area contributed by atoms with E-state index in [2.05, 4.69) is 26.1 Å². The molecule has 0 aromatic rings.